The monoisotopic (exact) mass is 320 g/mol. The maximum Gasteiger partial charge on any atom is 0.163 e. The first-order valence-electron chi connectivity index (χ1n) is 8.18. The topological polar surface area (TPSA) is 66.2 Å². The summed E-state index contributed by atoms with van der Waals surface area (Å²) in [6.45, 7) is 8.09. The van der Waals surface area contributed by atoms with Crippen LogP contribution in [0.2, 0.25) is 0 Å². The maximum atomic E-state index is 6.28. The van der Waals surface area contributed by atoms with Crippen molar-refractivity contribution in [3.8, 4) is 5.75 Å². The van der Waals surface area contributed by atoms with E-state index < -0.39 is 11.4 Å². The van der Waals surface area contributed by atoms with Gasteiger partial charge in [0.05, 0.1) is 37.8 Å². The summed E-state index contributed by atoms with van der Waals surface area (Å²) in [5.41, 5.74) is 8.82. The number of ether oxygens (including phenoxy) is 4. The zero-order valence-corrected chi connectivity index (χ0v) is 13.8. The fraction of sp³-hybridized carbons (Fsp3) is 0.647. The van der Waals surface area contributed by atoms with E-state index in [1.165, 1.54) is 0 Å². The smallest absolute Gasteiger partial charge is 0.163 e. The van der Waals surface area contributed by atoms with Gasteiger partial charge in [0.1, 0.15) is 5.75 Å². The lowest BCUT2D eigenvalue weighted by Crippen LogP contribution is -2.54. The molecule has 3 aliphatic heterocycles. The molecule has 2 N–H and O–H groups in total. The Morgan fingerprint density at radius 2 is 1.78 bits per heavy atom. The summed E-state index contributed by atoms with van der Waals surface area (Å²) in [5, 5.41) is 0. The number of nitrogens with two attached hydrogens (primary N) is 1. The molecule has 0 aromatic heterocycles. The molecule has 0 bridgehead atoms. The first-order valence-corrected chi connectivity index (χ1v) is 8.18. The lowest BCUT2D eigenvalue weighted by Gasteiger charge is -2.40. The first kappa shape index (κ1) is 15.1. The zero-order valence-electron chi connectivity index (χ0n) is 13.8. The molecule has 3 aliphatic rings. The highest BCUT2D eigenvalue weighted by atomic mass is 16.7. The Kier molecular flexibility index (Phi) is 3.44. The molecule has 0 radical (unpaired) electrons. The van der Waals surface area contributed by atoms with Crippen molar-refractivity contribution in [1.29, 1.82) is 0 Å². The van der Waals surface area contributed by atoms with Crippen LogP contribution < -0.4 is 15.4 Å². The largest absolute Gasteiger partial charge is 0.482 e. The molecule has 23 heavy (non-hydrogen) atoms. The number of hydrogen-bond acceptors (Lipinski definition) is 6. The second kappa shape index (κ2) is 5.26. The Balaban J connectivity index is 1.57. The average molecular weight is 320 g/mol. The Labute approximate surface area is 136 Å². The minimum atomic E-state index is -0.540. The molecule has 3 heterocycles. The van der Waals surface area contributed by atoms with Gasteiger partial charge in [-0.1, -0.05) is 0 Å². The fourth-order valence-electron chi connectivity index (χ4n) is 3.42. The minimum absolute atomic E-state index is 0.423. The number of morpholine rings is 1. The summed E-state index contributed by atoms with van der Waals surface area (Å²) < 4.78 is 23.3. The number of nitrogens with zero attached hydrogens (tertiary/aromatic N) is 1. The number of hydrogen-bond donors (Lipinski definition) is 1. The molecule has 2 fully saturated rings. The molecule has 0 atom stereocenters. The van der Waals surface area contributed by atoms with Gasteiger partial charge >= 0.3 is 0 Å². The van der Waals surface area contributed by atoms with E-state index in [9.17, 15) is 0 Å². The number of nitrogen functional groups attached to an aromatic ring is 1. The number of fused-ring (bicyclic) bond motifs is 1. The Morgan fingerprint density at radius 3 is 2.48 bits per heavy atom. The van der Waals surface area contributed by atoms with Crippen molar-refractivity contribution in [2.24, 2.45) is 0 Å². The Hall–Kier alpha value is -1.50. The highest BCUT2D eigenvalue weighted by Crippen LogP contribution is 2.43. The predicted octanol–water partition coefficient (Wildman–Crippen LogP) is 1.56. The summed E-state index contributed by atoms with van der Waals surface area (Å²) in [7, 11) is 0. The van der Waals surface area contributed by atoms with Crippen molar-refractivity contribution in [2.45, 2.75) is 31.7 Å². The number of benzene rings is 1. The number of anilines is 2. The van der Waals surface area contributed by atoms with Crippen LogP contribution in [0.5, 0.6) is 5.75 Å². The van der Waals surface area contributed by atoms with Crippen molar-refractivity contribution < 1.29 is 18.9 Å². The van der Waals surface area contributed by atoms with Gasteiger partial charge in [-0.3, -0.25) is 0 Å². The molecule has 126 valence electrons. The molecule has 1 spiro atoms. The third kappa shape index (κ3) is 2.75. The highest BCUT2D eigenvalue weighted by Gasteiger charge is 2.46. The van der Waals surface area contributed by atoms with E-state index in [0.717, 1.165) is 55.4 Å². The molecule has 4 rings (SSSR count). The number of rotatable bonds is 1. The minimum Gasteiger partial charge on any atom is -0.482 e. The Bertz CT molecular complexity index is 601. The average Bonchev–Trinajstić information content (AvgIpc) is 2.88. The van der Waals surface area contributed by atoms with E-state index in [1.807, 2.05) is 19.9 Å². The molecule has 6 heteroatoms. The predicted molar refractivity (Wildman–Crippen MR) is 86.9 cm³/mol. The summed E-state index contributed by atoms with van der Waals surface area (Å²) in [6.07, 6.45) is 0.770. The van der Waals surface area contributed by atoms with Gasteiger partial charge in [0, 0.05) is 31.1 Å². The van der Waals surface area contributed by atoms with Crippen LogP contribution in [0.3, 0.4) is 0 Å². The maximum absolute atomic E-state index is 6.28. The normalized spacial score (nSPS) is 25.2. The molecule has 2 saturated heterocycles. The summed E-state index contributed by atoms with van der Waals surface area (Å²) in [5.74, 6) is 0.356. The SMILES string of the molecule is CC1(C)OCC2(CO1)Cc1cc(N)c(N3CCOCC3)cc1O2. The first-order chi connectivity index (χ1) is 11.0. The van der Waals surface area contributed by atoms with Gasteiger partial charge < -0.3 is 29.6 Å². The van der Waals surface area contributed by atoms with Crippen molar-refractivity contribution in [2.75, 3.05) is 50.2 Å². The second-order valence-corrected chi connectivity index (χ2v) is 7.06. The van der Waals surface area contributed by atoms with E-state index in [1.54, 1.807) is 0 Å². The van der Waals surface area contributed by atoms with Crippen molar-refractivity contribution in [3.05, 3.63) is 17.7 Å². The summed E-state index contributed by atoms with van der Waals surface area (Å²) in [4.78, 5) is 2.25. The molecular formula is C17H24N2O4. The lowest BCUT2D eigenvalue weighted by molar-refractivity contribution is -0.292. The standard InChI is InChI=1S/C17H24N2O4/c1-16(2)21-10-17(11-22-16)9-12-7-13(18)14(8-15(12)23-17)19-3-5-20-6-4-19/h7-8H,3-6,9-11,18H2,1-2H3. The molecule has 0 amide bonds. The van der Waals surface area contributed by atoms with Crippen LogP contribution in [0.4, 0.5) is 11.4 Å². The van der Waals surface area contributed by atoms with Crippen LogP contribution in [-0.2, 0) is 20.6 Å². The quantitative estimate of drug-likeness (QED) is 0.792. The molecule has 0 unspecified atom stereocenters. The molecular weight excluding hydrogens is 296 g/mol. The fourth-order valence-corrected chi connectivity index (χ4v) is 3.42. The van der Waals surface area contributed by atoms with E-state index in [2.05, 4.69) is 11.0 Å². The van der Waals surface area contributed by atoms with Crippen LogP contribution in [0.1, 0.15) is 19.4 Å². The van der Waals surface area contributed by atoms with Crippen molar-refractivity contribution in [3.63, 3.8) is 0 Å². The van der Waals surface area contributed by atoms with E-state index in [0.29, 0.717) is 13.2 Å². The van der Waals surface area contributed by atoms with Gasteiger partial charge in [-0.15, -0.1) is 0 Å². The van der Waals surface area contributed by atoms with Crippen LogP contribution in [-0.4, -0.2) is 50.9 Å². The lowest BCUT2D eigenvalue weighted by atomic mass is 9.97. The zero-order chi connectivity index (χ0) is 16.1. The van der Waals surface area contributed by atoms with Crippen LogP contribution >= 0.6 is 0 Å². The summed E-state index contributed by atoms with van der Waals surface area (Å²) in [6, 6.07) is 4.10. The third-order valence-corrected chi connectivity index (χ3v) is 4.77. The van der Waals surface area contributed by atoms with Gasteiger partial charge in [-0.2, -0.15) is 0 Å². The highest BCUT2D eigenvalue weighted by molar-refractivity contribution is 5.72. The van der Waals surface area contributed by atoms with E-state index in [4.69, 9.17) is 24.7 Å². The van der Waals surface area contributed by atoms with Crippen LogP contribution in [0.25, 0.3) is 0 Å². The third-order valence-electron chi connectivity index (χ3n) is 4.77. The second-order valence-electron chi connectivity index (χ2n) is 7.06. The van der Waals surface area contributed by atoms with Crippen molar-refractivity contribution >= 4 is 11.4 Å². The van der Waals surface area contributed by atoms with Gasteiger partial charge in [-0.05, 0) is 19.9 Å². The molecule has 1 aromatic rings. The van der Waals surface area contributed by atoms with Gasteiger partial charge in [-0.25, -0.2) is 0 Å². The molecule has 6 nitrogen and oxygen atoms in total. The van der Waals surface area contributed by atoms with Gasteiger partial charge in [0.15, 0.2) is 11.4 Å². The summed E-state index contributed by atoms with van der Waals surface area (Å²) >= 11 is 0. The van der Waals surface area contributed by atoms with Crippen LogP contribution in [0.15, 0.2) is 12.1 Å². The molecule has 0 saturated carbocycles. The van der Waals surface area contributed by atoms with Gasteiger partial charge in [0.25, 0.3) is 0 Å². The van der Waals surface area contributed by atoms with E-state index >= 15 is 0 Å². The molecule has 1 aromatic carbocycles. The Morgan fingerprint density at radius 1 is 1.09 bits per heavy atom. The van der Waals surface area contributed by atoms with Crippen LogP contribution in [0, 0.1) is 0 Å². The molecule has 0 aliphatic carbocycles. The van der Waals surface area contributed by atoms with E-state index in [-0.39, 0.29) is 0 Å². The van der Waals surface area contributed by atoms with Crippen molar-refractivity contribution in [1.82, 2.24) is 0 Å². The van der Waals surface area contributed by atoms with Gasteiger partial charge in [0.2, 0.25) is 0 Å².